The first kappa shape index (κ1) is 21.8. The molecule has 2 heterocycles. The van der Waals surface area contributed by atoms with Gasteiger partial charge >= 0.3 is 13.1 Å². The van der Waals surface area contributed by atoms with Gasteiger partial charge in [0.25, 0.3) is 0 Å². The van der Waals surface area contributed by atoms with Crippen LogP contribution in [0.5, 0.6) is 5.75 Å². The maximum atomic E-state index is 12.5. The molecule has 0 radical (unpaired) electrons. The molecule has 1 amide bonds. The van der Waals surface area contributed by atoms with Crippen LogP contribution in [0.2, 0.25) is 5.82 Å². The molecule has 2 N–H and O–H groups in total. The zero-order valence-corrected chi connectivity index (χ0v) is 19.5. The number of carbonyl (C=O) groups is 2. The largest absolute Gasteiger partial charge is 0.461 e. The van der Waals surface area contributed by atoms with E-state index in [1.54, 1.807) is 26.0 Å². The van der Waals surface area contributed by atoms with Gasteiger partial charge in [-0.15, -0.1) is 0 Å². The van der Waals surface area contributed by atoms with Gasteiger partial charge in [-0.1, -0.05) is 26.0 Å². The Bertz CT molecular complexity index is 977. The Kier molecular flexibility index (Phi) is 4.74. The lowest BCUT2D eigenvalue weighted by molar-refractivity contribution is -0.199. The fourth-order valence-corrected chi connectivity index (χ4v) is 6.48. The summed E-state index contributed by atoms with van der Waals surface area (Å²) in [5.74, 6) is -0.601. The molecule has 32 heavy (non-hydrogen) atoms. The number of hydrogen-bond acceptors (Lipinski definition) is 6. The highest BCUT2D eigenvalue weighted by Gasteiger charge is 2.68. The van der Waals surface area contributed by atoms with Crippen molar-refractivity contribution < 1.29 is 28.4 Å². The van der Waals surface area contributed by atoms with Gasteiger partial charge in [0, 0.05) is 26.1 Å². The normalized spacial score (nSPS) is 34.5. The first-order chi connectivity index (χ1) is 14.9. The van der Waals surface area contributed by atoms with E-state index in [1.807, 2.05) is 6.07 Å². The van der Waals surface area contributed by atoms with E-state index >= 15 is 0 Å². The van der Waals surface area contributed by atoms with Crippen LogP contribution in [0, 0.1) is 17.3 Å². The minimum absolute atomic E-state index is 0.0227. The van der Waals surface area contributed by atoms with Crippen molar-refractivity contribution in [3.8, 4) is 5.75 Å². The molecular weight excluding hydrogens is 409 g/mol. The van der Waals surface area contributed by atoms with Crippen LogP contribution >= 0.6 is 0 Å². The highest BCUT2D eigenvalue weighted by molar-refractivity contribution is 6.47. The molecule has 1 saturated heterocycles. The molecule has 5 aliphatic rings. The fraction of sp³-hybridized carbons (Fsp3) is 0.667. The van der Waals surface area contributed by atoms with Gasteiger partial charge in [-0.3, -0.25) is 4.79 Å². The molecule has 1 aromatic carbocycles. The summed E-state index contributed by atoms with van der Waals surface area (Å²) < 4.78 is 24.4. The summed E-state index contributed by atoms with van der Waals surface area (Å²) in [4.78, 5) is 24.4. The topological polar surface area (TPSA) is 97.1 Å². The summed E-state index contributed by atoms with van der Waals surface area (Å²) in [7, 11) is -0.535. The third-order valence-corrected chi connectivity index (χ3v) is 8.30. The van der Waals surface area contributed by atoms with Gasteiger partial charge in [-0.2, -0.15) is 0 Å². The number of nitrogens with two attached hydrogens (primary N) is 1. The summed E-state index contributed by atoms with van der Waals surface area (Å²) in [6.07, 6.45) is 2.73. The number of benzene rings is 1. The standard InChI is InChI=1S/C24H32BNO6/c1-22(2)14-10-17(22)24(5)18(11-14)31-25(32-24)15(12-19(26)27)9-13-7-6-8-16-20(13)29-23(3,4)30-21(16)28/h6-8,14-15,17-18H,9-12H2,1-5H3,(H2,26,27)/t14-,15?,17-,18?,24-/m0/s1. The molecule has 8 heteroatoms. The average molecular weight is 441 g/mol. The Hall–Kier alpha value is -2.06. The Morgan fingerprint density at radius 1 is 1.19 bits per heavy atom. The lowest BCUT2D eigenvalue weighted by Gasteiger charge is -2.64. The number of fused-ring (bicyclic) bond motifs is 1. The van der Waals surface area contributed by atoms with Crippen molar-refractivity contribution in [1.29, 1.82) is 0 Å². The van der Waals surface area contributed by atoms with Gasteiger partial charge < -0.3 is 24.5 Å². The van der Waals surface area contributed by atoms with Crippen molar-refractivity contribution in [2.75, 3.05) is 0 Å². The Morgan fingerprint density at radius 2 is 1.94 bits per heavy atom. The van der Waals surface area contributed by atoms with E-state index < -0.39 is 24.8 Å². The van der Waals surface area contributed by atoms with Gasteiger partial charge in [0.1, 0.15) is 11.3 Å². The van der Waals surface area contributed by atoms with Crippen molar-refractivity contribution in [2.45, 2.75) is 83.6 Å². The molecule has 0 spiro atoms. The first-order valence-electron chi connectivity index (χ1n) is 11.6. The number of carbonyl (C=O) groups excluding carboxylic acids is 2. The summed E-state index contributed by atoms with van der Waals surface area (Å²) in [6.45, 7) is 10.2. The average Bonchev–Trinajstić information content (AvgIpc) is 3.04. The summed E-state index contributed by atoms with van der Waals surface area (Å²) in [6, 6.07) is 5.39. The molecule has 6 rings (SSSR count). The van der Waals surface area contributed by atoms with Crippen molar-refractivity contribution in [2.24, 2.45) is 23.0 Å². The molecule has 172 valence electrons. The molecule has 3 aliphatic carbocycles. The van der Waals surface area contributed by atoms with Crippen LogP contribution in [-0.4, -0.2) is 36.5 Å². The molecule has 4 fully saturated rings. The SMILES string of the molecule is CC1(C)OC(=O)c2cccc(CC(CC(N)=O)B3OC4C[C@@H]5C[C@@H](C5(C)C)[C@]4(C)O3)c2O1. The van der Waals surface area contributed by atoms with Crippen LogP contribution in [0.1, 0.15) is 69.8 Å². The van der Waals surface area contributed by atoms with E-state index in [1.165, 1.54) is 0 Å². The smallest absolute Gasteiger partial charge is 0.452 e. The third kappa shape index (κ3) is 3.26. The molecule has 2 bridgehead atoms. The van der Waals surface area contributed by atoms with E-state index in [4.69, 9.17) is 24.5 Å². The highest BCUT2D eigenvalue weighted by atomic mass is 16.7. The summed E-state index contributed by atoms with van der Waals surface area (Å²) in [5, 5.41) is 0. The van der Waals surface area contributed by atoms with Crippen molar-refractivity contribution in [3.05, 3.63) is 29.3 Å². The zero-order valence-electron chi connectivity index (χ0n) is 19.5. The zero-order chi connectivity index (χ0) is 23.1. The van der Waals surface area contributed by atoms with Gasteiger partial charge in [-0.05, 0) is 55.1 Å². The number of esters is 1. The predicted molar refractivity (Wildman–Crippen MR) is 118 cm³/mol. The van der Waals surface area contributed by atoms with Crippen LogP contribution in [0.3, 0.4) is 0 Å². The first-order valence-corrected chi connectivity index (χ1v) is 11.6. The second kappa shape index (κ2) is 6.97. The molecule has 5 atom stereocenters. The second-order valence-corrected chi connectivity index (χ2v) is 11.2. The lowest BCUT2D eigenvalue weighted by Crippen LogP contribution is -2.65. The number of cyclic esters (lactones) is 1. The van der Waals surface area contributed by atoms with Crippen molar-refractivity contribution in [1.82, 2.24) is 0 Å². The Balaban J connectivity index is 1.43. The van der Waals surface area contributed by atoms with Crippen LogP contribution in [0.15, 0.2) is 18.2 Å². The van der Waals surface area contributed by atoms with Crippen molar-refractivity contribution in [3.63, 3.8) is 0 Å². The minimum atomic E-state index is -1.06. The molecule has 2 unspecified atom stereocenters. The highest BCUT2D eigenvalue weighted by Crippen LogP contribution is 2.66. The van der Waals surface area contributed by atoms with E-state index in [-0.39, 0.29) is 29.4 Å². The van der Waals surface area contributed by atoms with E-state index in [0.717, 1.165) is 18.4 Å². The van der Waals surface area contributed by atoms with E-state index in [2.05, 4.69) is 20.8 Å². The minimum Gasteiger partial charge on any atom is -0.452 e. The molecule has 3 saturated carbocycles. The van der Waals surface area contributed by atoms with Gasteiger partial charge in [0.2, 0.25) is 11.7 Å². The number of primary amides is 1. The monoisotopic (exact) mass is 441 g/mol. The number of amides is 1. The van der Waals surface area contributed by atoms with E-state index in [9.17, 15) is 9.59 Å². The Labute approximate surface area is 189 Å². The van der Waals surface area contributed by atoms with Gasteiger partial charge in [-0.25, -0.2) is 4.79 Å². The van der Waals surface area contributed by atoms with Crippen LogP contribution in [0.25, 0.3) is 0 Å². The summed E-state index contributed by atoms with van der Waals surface area (Å²) in [5.41, 5.74) is 6.69. The molecule has 0 aromatic heterocycles. The lowest BCUT2D eigenvalue weighted by atomic mass is 9.43. The molecule has 7 nitrogen and oxygen atoms in total. The number of rotatable bonds is 5. The number of ether oxygens (including phenoxy) is 2. The summed E-state index contributed by atoms with van der Waals surface area (Å²) >= 11 is 0. The maximum Gasteiger partial charge on any atom is 0.461 e. The molecule has 2 aliphatic heterocycles. The number of para-hydroxylation sites is 1. The quantitative estimate of drug-likeness (QED) is 0.555. The molecule has 1 aromatic rings. The van der Waals surface area contributed by atoms with Crippen LogP contribution in [-0.2, 0) is 25.3 Å². The van der Waals surface area contributed by atoms with Gasteiger partial charge in [0.05, 0.1) is 11.7 Å². The van der Waals surface area contributed by atoms with E-state index in [0.29, 0.717) is 29.6 Å². The van der Waals surface area contributed by atoms with Crippen molar-refractivity contribution >= 4 is 19.0 Å². The van der Waals surface area contributed by atoms with Gasteiger partial charge in [0.15, 0.2) is 0 Å². The Morgan fingerprint density at radius 3 is 2.62 bits per heavy atom. The molecular formula is C24H32BNO6. The number of hydrogen-bond donors (Lipinski definition) is 1. The maximum absolute atomic E-state index is 12.5. The second-order valence-electron chi connectivity index (χ2n) is 11.2. The fourth-order valence-electron chi connectivity index (χ4n) is 6.48. The van der Waals surface area contributed by atoms with Crippen LogP contribution in [0.4, 0.5) is 0 Å². The van der Waals surface area contributed by atoms with Crippen LogP contribution < -0.4 is 10.5 Å². The third-order valence-electron chi connectivity index (χ3n) is 8.30. The predicted octanol–water partition coefficient (Wildman–Crippen LogP) is 3.49.